The summed E-state index contributed by atoms with van der Waals surface area (Å²) in [6, 6.07) is 0. The molecule has 0 aromatic carbocycles. The Morgan fingerprint density at radius 1 is 1.25 bits per heavy atom. The number of rotatable bonds is 4. The first-order chi connectivity index (χ1) is 7.37. The normalized spacial score (nSPS) is 20.4. The van der Waals surface area contributed by atoms with Gasteiger partial charge in [-0.2, -0.15) is 0 Å². The van der Waals surface area contributed by atoms with Gasteiger partial charge in [-0.15, -0.1) is 0 Å². The van der Waals surface area contributed by atoms with Crippen molar-refractivity contribution < 1.29 is 13.2 Å². The molecule has 1 N–H and O–H groups in total. The molecule has 16 heavy (non-hydrogen) atoms. The summed E-state index contributed by atoms with van der Waals surface area (Å²) in [6.07, 6.45) is 5.32. The van der Waals surface area contributed by atoms with Gasteiger partial charge in [0, 0.05) is 11.3 Å². The van der Waals surface area contributed by atoms with E-state index in [1.165, 1.54) is 6.42 Å². The second-order valence-corrected chi connectivity index (χ2v) is 7.20. The van der Waals surface area contributed by atoms with Crippen LogP contribution >= 0.6 is 0 Å². The fourth-order valence-electron chi connectivity index (χ4n) is 2.13. The Labute approximate surface area is 97.7 Å². The SMILES string of the molecule is CCS(=O)(=O)CC(=O)NC1(C)CCCCC1. The average Bonchev–Trinajstić information content (AvgIpc) is 2.17. The Balaban J connectivity index is 2.50. The van der Waals surface area contributed by atoms with Crippen molar-refractivity contribution in [2.75, 3.05) is 11.5 Å². The number of amides is 1. The molecule has 0 bridgehead atoms. The molecule has 0 aromatic rings. The van der Waals surface area contributed by atoms with Crippen LogP contribution in [0.5, 0.6) is 0 Å². The second kappa shape index (κ2) is 5.17. The molecule has 0 radical (unpaired) electrons. The Kier molecular flexibility index (Phi) is 4.35. The topological polar surface area (TPSA) is 63.2 Å². The summed E-state index contributed by atoms with van der Waals surface area (Å²) in [5.74, 6) is -0.706. The van der Waals surface area contributed by atoms with E-state index in [1.807, 2.05) is 6.92 Å². The highest BCUT2D eigenvalue weighted by molar-refractivity contribution is 7.92. The summed E-state index contributed by atoms with van der Waals surface area (Å²) in [6.45, 7) is 3.56. The fraction of sp³-hybridized carbons (Fsp3) is 0.909. The van der Waals surface area contributed by atoms with E-state index in [4.69, 9.17) is 0 Å². The van der Waals surface area contributed by atoms with Crippen molar-refractivity contribution in [2.45, 2.75) is 51.5 Å². The van der Waals surface area contributed by atoms with Crippen LogP contribution in [0.2, 0.25) is 0 Å². The minimum absolute atomic E-state index is 0.0249. The largest absolute Gasteiger partial charge is 0.350 e. The van der Waals surface area contributed by atoms with Gasteiger partial charge >= 0.3 is 0 Å². The number of carbonyl (C=O) groups excluding carboxylic acids is 1. The zero-order valence-corrected chi connectivity index (χ0v) is 10.9. The van der Waals surface area contributed by atoms with Crippen LogP contribution in [0, 0.1) is 0 Å². The minimum atomic E-state index is -3.21. The van der Waals surface area contributed by atoms with E-state index in [0.29, 0.717) is 0 Å². The molecule has 1 aliphatic carbocycles. The maximum absolute atomic E-state index is 11.6. The second-order valence-electron chi connectivity index (χ2n) is 4.85. The third-order valence-corrected chi connectivity index (χ3v) is 4.77. The summed E-state index contributed by atoms with van der Waals surface area (Å²) < 4.78 is 22.6. The van der Waals surface area contributed by atoms with Crippen LogP contribution in [0.3, 0.4) is 0 Å². The number of carbonyl (C=O) groups is 1. The van der Waals surface area contributed by atoms with E-state index in [2.05, 4.69) is 5.32 Å². The molecular weight excluding hydrogens is 226 g/mol. The molecule has 0 aromatic heterocycles. The van der Waals surface area contributed by atoms with Crippen LogP contribution in [-0.2, 0) is 14.6 Å². The molecule has 4 nitrogen and oxygen atoms in total. The summed E-state index contributed by atoms with van der Waals surface area (Å²) in [5, 5.41) is 2.87. The lowest BCUT2D eigenvalue weighted by Gasteiger charge is -2.34. The van der Waals surface area contributed by atoms with E-state index in [0.717, 1.165) is 25.7 Å². The van der Waals surface area contributed by atoms with Gasteiger partial charge in [-0.1, -0.05) is 26.2 Å². The average molecular weight is 247 g/mol. The van der Waals surface area contributed by atoms with Crippen LogP contribution in [0.15, 0.2) is 0 Å². The van der Waals surface area contributed by atoms with Gasteiger partial charge < -0.3 is 5.32 Å². The first kappa shape index (κ1) is 13.5. The molecule has 0 aliphatic heterocycles. The zero-order chi connectivity index (χ0) is 12.2. The Morgan fingerprint density at radius 2 is 1.81 bits per heavy atom. The third-order valence-electron chi connectivity index (χ3n) is 3.19. The van der Waals surface area contributed by atoms with Crippen LogP contribution in [-0.4, -0.2) is 31.4 Å². The number of nitrogens with one attached hydrogen (secondary N) is 1. The predicted octanol–water partition coefficient (Wildman–Crippen LogP) is 1.26. The lowest BCUT2D eigenvalue weighted by Crippen LogP contribution is -2.49. The van der Waals surface area contributed by atoms with Crippen LogP contribution in [0.1, 0.15) is 46.0 Å². The number of hydrogen-bond donors (Lipinski definition) is 1. The maximum Gasteiger partial charge on any atom is 0.235 e. The highest BCUT2D eigenvalue weighted by Crippen LogP contribution is 2.27. The van der Waals surface area contributed by atoms with E-state index in [9.17, 15) is 13.2 Å². The molecule has 1 aliphatic rings. The van der Waals surface area contributed by atoms with Crippen LogP contribution < -0.4 is 5.32 Å². The van der Waals surface area contributed by atoms with Crippen molar-refractivity contribution in [2.24, 2.45) is 0 Å². The molecule has 94 valence electrons. The standard InChI is InChI=1S/C11H21NO3S/c1-3-16(14,15)9-10(13)12-11(2)7-5-4-6-8-11/h3-9H2,1-2H3,(H,12,13). The molecule has 0 atom stereocenters. The van der Waals surface area contributed by atoms with Gasteiger partial charge in [0.25, 0.3) is 0 Å². The quantitative estimate of drug-likeness (QED) is 0.813. The van der Waals surface area contributed by atoms with Crippen molar-refractivity contribution >= 4 is 15.7 Å². The molecule has 1 saturated carbocycles. The minimum Gasteiger partial charge on any atom is -0.350 e. The van der Waals surface area contributed by atoms with Gasteiger partial charge in [0.05, 0.1) is 0 Å². The van der Waals surface area contributed by atoms with Gasteiger partial charge in [0.1, 0.15) is 5.75 Å². The summed E-state index contributed by atoms with van der Waals surface area (Å²) >= 11 is 0. The number of hydrogen-bond acceptors (Lipinski definition) is 3. The third kappa shape index (κ3) is 4.12. The van der Waals surface area contributed by atoms with Gasteiger partial charge in [0.2, 0.25) is 5.91 Å². The van der Waals surface area contributed by atoms with E-state index in [1.54, 1.807) is 6.92 Å². The molecule has 5 heteroatoms. The van der Waals surface area contributed by atoms with E-state index >= 15 is 0 Å². The molecule has 0 heterocycles. The Bertz CT molecular complexity index is 342. The molecule has 1 fully saturated rings. The van der Waals surface area contributed by atoms with Crippen molar-refractivity contribution in [3.63, 3.8) is 0 Å². The fourth-order valence-corrected chi connectivity index (χ4v) is 2.81. The first-order valence-corrected chi connectivity index (χ1v) is 7.70. The first-order valence-electron chi connectivity index (χ1n) is 5.88. The maximum atomic E-state index is 11.6. The predicted molar refractivity (Wildman–Crippen MR) is 64.0 cm³/mol. The van der Waals surface area contributed by atoms with Gasteiger partial charge in [-0.25, -0.2) is 8.42 Å². The zero-order valence-electron chi connectivity index (χ0n) is 10.1. The molecule has 1 amide bonds. The lowest BCUT2D eigenvalue weighted by atomic mass is 9.83. The summed E-state index contributed by atoms with van der Waals surface area (Å²) in [5.41, 5.74) is -0.196. The van der Waals surface area contributed by atoms with Gasteiger partial charge in [-0.05, 0) is 19.8 Å². The van der Waals surface area contributed by atoms with Gasteiger partial charge in [0.15, 0.2) is 9.84 Å². The van der Waals surface area contributed by atoms with Crippen molar-refractivity contribution in [3.05, 3.63) is 0 Å². The van der Waals surface area contributed by atoms with Crippen LogP contribution in [0.4, 0.5) is 0 Å². The van der Waals surface area contributed by atoms with Gasteiger partial charge in [-0.3, -0.25) is 4.79 Å². The Hall–Kier alpha value is -0.580. The van der Waals surface area contributed by atoms with Crippen molar-refractivity contribution in [1.29, 1.82) is 0 Å². The molecule has 0 saturated heterocycles. The van der Waals surface area contributed by atoms with Crippen molar-refractivity contribution in [1.82, 2.24) is 5.32 Å². The highest BCUT2D eigenvalue weighted by atomic mass is 32.2. The summed E-state index contributed by atoms with van der Waals surface area (Å²) in [7, 11) is -3.21. The monoisotopic (exact) mass is 247 g/mol. The highest BCUT2D eigenvalue weighted by Gasteiger charge is 2.29. The number of sulfone groups is 1. The van der Waals surface area contributed by atoms with E-state index < -0.39 is 9.84 Å². The Morgan fingerprint density at radius 3 is 2.31 bits per heavy atom. The van der Waals surface area contributed by atoms with E-state index in [-0.39, 0.29) is 23.0 Å². The smallest absolute Gasteiger partial charge is 0.235 e. The van der Waals surface area contributed by atoms with Crippen molar-refractivity contribution in [3.8, 4) is 0 Å². The molecule has 0 spiro atoms. The lowest BCUT2D eigenvalue weighted by molar-refractivity contribution is -0.120. The molecular formula is C11H21NO3S. The van der Waals surface area contributed by atoms with Crippen LogP contribution in [0.25, 0.3) is 0 Å². The summed E-state index contributed by atoms with van der Waals surface area (Å²) in [4.78, 5) is 11.6. The molecule has 1 rings (SSSR count). The molecule has 0 unspecified atom stereocenters.